The van der Waals surface area contributed by atoms with E-state index in [1.54, 1.807) is 0 Å². The van der Waals surface area contributed by atoms with Gasteiger partial charge < -0.3 is 9.80 Å². The average molecular weight is 689 g/mol. The van der Waals surface area contributed by atoms with Crippen LogP contribution in [-0.4, -0.2) is 0 Å². The Labute approximate surface area is 315 Å². The first-order valence-electron chi connectivity index (χ1n) is 18.5. The van der Waals surface area contributed by atoms with Crippen LogP contribution in [0, 0.1) is 0 Å². The molecule has 0 saturated heterocycles. The van der Waals surface area contributed by atoms with Gasteiger partial charge in [0, 0.05) is 33.5 Å². The number of hydrogen-bond acceptors (Lipinski definition) is 2. The van der Waals surface area contributed by atoms with Crippen molar-refractivity contribution in [3.8, 4) is 22.3 Å². The quantitative estimate of drug-likeness (QED) is 0.147. The molecule has 0 N–H and O–H groups in total. The second kappa shape index (κ2) is 13.4. The Bertz CT molecular complexity index is 2630. The van der Waals surface area contributed by atoms with Crippen molar-refractivity contribution in [2.24, 2.45) is 0 Å². The molecule has 54 heavy (non-hydrogen) atoms. The molecule has 0 radical (unpaired) electrons. The molecule has 0 fully saturated rings. The summed E-state index contributed by atoms with van der Waals surface area (Å²) in [5.41, 5.74) is 11.6. The van der Waals surface area contributed by atoms with Gasteiger partial charge in [0.15, 0.2) is 0 Å². The predicted octanol–water partition coefficient (Wildman–Crippen LogP) is 14.9. The maximum atomic E-state index is 2.39. The molecule has 0 amide bonds. The molecule has 10 aromatic carbocycles. The third-order valence-electron chi connectivity index (χ3n) is 10.6. The number of nitrogens with zero attached hydrogens (tertiary/aromatic N) is 2. The Balaban J connectivity index is 1.15. The summed E-state index contributed by atoms with van der Waals surface area (Å²) < 4.78 is 0. The van der Waals surface area contributed by atoms with Crippen LogP contribution in [0.2, 0.25) is 0 Å². The van der Waals surface area contributed by atoms with E-state index >= 15 is 0 Å². The molecule has 2 heteroatoms. The summed E-state index contributed by atoms with van der Waals surface area (Å²) in [4.78, 5) is 4.79. The number of para-hydroxylation sites is 2. The van der Waals surface area contributed by atoms with Gasteiger partial charge in [0.25, 0.3) is 0 Å². The summed E-state index contributed by atoms with van der Waals surface area (Å²) >= 11 is 0. The van der Waals surface area contributed by atoms with Gasteiger partial charge in [0.2, 0.25) is 0 Å². The Morgan fingerprint density at radius 1 is 0.222 bits per heavy atom. The van der Waals surface area contributed by atoms with E-state index in [-0.39, 0.29) is 0 Å². The molecule has 254 valence electrons. The molecule has 0 atom stereocenters. The highest BCUT2D eigenvalue weighted by Gasteiger charge is 2.22. The minimum atomic E-state index is 1.12. The van der Waals surface area contributed by atoms with Gasteiger partial charge in [-0.15, -0.1) is 0 Å². The standard InChI is InChI=1S/C52H36N2/c1-5-13-37(14-6-1)39-23-29-45(30-24-39)53(43-17-9-3-10-18-43)49-35-27-41-21-22-42-28-36-50(48-34-33-47(49)51(41)52(42)48)54(44-19-11-4-12-20-44)46-31-25-40(26-32-46)38-15-7-2-8-16-38/h1-36H. The molecule has 0 aliphatic rings. The highest BCUT2D eigenvalue weighted by molar-refractivity contribution is 6.28. The van der Waals surface area contributed by atoms with Crippen molar-refractivity contribution in [1.29, 1.82) is 0 Å². The lowest BCUT2D eigenvalue weighted by molar-refractivity contribution is 1.30. The molecule has 0 unspecified atom stereocenters. The van der Waals surface area contributed by atoms with E-state index in [4.69, 9.17) is 0 Å². The number of rotatable bonds is 8. The Hall–Kier alpha value is -7.16. The third kappa shape index (κ3) is 5.53. The zero-order valence-electron chi connectivity index (χ0n) is 29.7. The number of anilines is 6. The van der Waals surface area contributed by atoms with E-state index < -0.39 is 0 Å². The van der Waals surface area contributed by atoms with Crippen LogP contribution in [0.25, 0.3) is 54.6 Å². The Kier molecular flexibility index (Phi) is 7.85. The van der Waals surface area contributed by atoms with Crippen molar-refractivity contribution in [1.82, 2.24) is 0 Å². The first-order valence-corrected chi connectivity index (χ1v) is 18.5. The number of hydrogen-bond donors (Lipinski definition) is 0. The molecule has 0 aromatic heterocycles. The molecule has 0 aliphatic heterocycles. The van der Waals surface area contributed by atoms with Crippen LogP contribution < -0.4 is 9.80 Å². The number of benzene rings is 10. The maximum Gasteiger partial charge on any atom is 0.0540 e. The van der Waals surface area contributed by atoms with Crippen molar-refractivity contribution in [3.05, 3.63) is 218 Å². The molecule has 0 bridgehead atoms. The Morgan fingerprint density at radius 3 is 0.889 bits per heavy atom. The topological polar surface area (TPSA) is 6.48 Å². The molecule has 0 saturated carbocycles. The van der Waals surface area contributed by atoms with Crippen LogP contribution in [0.4, 0.5) is 34.1 Å². The van der Waals surface area contributed by atoms with Crippen LogP contribution in [0.15, 0.2) is 218 Å². The summed E-state index contributed by atoms with van der Waals surface area (Å²) in [6, 6.07) is 78.8. The fourth-order valence-corrected chi connectivity index (χ4v) is 8.04. The first kappa shape index (κ1) is 31.6. The highest BCUT2D eigenvalue weighted by Crippen LogP contribution is 2.47. The van der Waals surface area contributed by atoms with E-state index in [1.165, 1.54) is 54.6 Å². The van der Waals surface area contributed by atoms with Gasteiger partial charge in [-0.05, 0) is 104 Å². The van der Waals surface area contributed by atoms with Crippen LogP contribution >= 0.6 is 0 Å². The minimum absolute atomic E-state index is 1.12. The fourth-order valence-electron chi connectivity index (χ4n) is 8.04. The maximum absolute atomic E-state index is 2.39. The van der Waals surface area contributed by atoms with Crippen LogP contribution in [0.5, 0.6) is 0 Å². The zero-order chi connectivity index (χ0) is 35.8. The van der Waals surface area contributed by atoms with Crippen molar-refractivity contribution in [3.63, 3.8) is 0 Å². The zero-order valence-corrected chi connectivity index (χ0v) is 29.7. The molecular weight excluding hydrogens is 653 g/mol. The normalized spacial score (nSPS) is 11.3. The second-order valence-electron chi connectivity index (χ2n) is 13.8. The summed E-state index contributed by atoms with van der Waals surface area (Å²) in [6.07, 6.45) is 0. The van der Waals surface area contributed by atoms with E-state index in [2.05, 4.69) is 228 Å². The van der Waals surface area contributed by atoms with Crippen LogP contribution in [-0.2, 0) is 0 Å². The summed E-state index contributed by atoms with van der Waals surface area (Å²) in [5, 5.41) is 7.46. The minimum Gasteiger partial charge on any atom is -0.310 e. The van der Waals surface area contributed by atoms with Crippen LogP contribution in [0.3, 0.4) is 0 Å². The van der Waals surface area contributed by atoms with Gasteiger partial charge in [0.05, 0.1) is 11.4 Å². The predicted molar refractivity (Wildman–Crippen MR) is 230 cm³/mol. The van der Waals surface area contributed by atoms with Crippen molar-refractivity contribution >= 4 is 66.4 Å². The molecule has 10 rings (SSSR count). The van der Waals surface area contributed by atoms with Crippen molar-refractivity contribution < 1.29 is 0 Å². The van der Waals surface area contributed by atoms with Crippen molar-refractivity contribution in [2.45, 2.75) is 0 Å². The lowest BCUT2D eigenvalue weighted by atomic mass is 9.91. The van der Waals surface area contributed by atoms with E-state index in [9.17, 15) is 0 Å². The SMILES string of the molecule is c1ccc(-c2ccc(N(c3ccccc3)c3ccc4ccc5ccc(N(c6ccccc6)c6ccc(-c7ccccc7)cc6)c6ccc3c4c56)cc2)cc1. The van der Waals surface area contributed by atoms with Gasteiger partial charge in [0.1, 0.15) is 0 Å². The van der Waals surface area contributed by atoms with Gasteiger partial charge in [-0.1, -0.05) is 158 Å². The summed E-state index contributed by atoms with van der Waals surface area (Å²) in [5.74, 6) is 0. The van der Waals surface area contributed by atoms with Crippen molar-refractivity contribution in [2.75, 3.05) is 9.80 Å². The first-order chi connectivity index (χ1) is 26.8. The highest BCUT2D eigenvalue weighted by atomic mass is 15.1. The molecule has 2 nitrogen and oxygen atoms in total. The molecular formula is C52H36N2. The molecule has 0 spiro atoms. The van der Waals surface area contributed by atoms with E-state index in [0.717, 1.165) is 34.1 Å². The van der Waals surface area contributed by atoms with E-state index in [1.807, 2.05) is 0 Å². The van der Waals surface area contributed by atoms with E-state index in [0.29, 0.717) is 0 Å². The smallest absolute Gasteiger partial charge is 0.0540 e. The Morgan fingerprint density at radius 2 is 0.519 bits per heavy atom. The largest absolute Gasteiger partial charge is 0.310 e. The molecule has 10 aromatic rings. The van der Waals surface area contributed by atoms with Gasteiger partial charge >= 0.3 is 0 Å². The third-order valence-corrected chi connectivity index (χ3v) is 10.6. The fraction of sp³-hybridized carbons (Fsp3) is 0. The van der Waals surface area contributed by atoms with Gasteiger partial charge in [-0.3, -0.25) is 0 Å². The molecule has 0 heterocycles. The summed E-state index contributed by atoms with van der Waals surface area (Å²) in [7, 11) is 0. The molecule has 0 aliphatic carbocycles. The average Bonchev–Trinajstić information content (AvgIpc) is 3.26. The van der Waals surface area contributed by atoms with Gasteiger partial charge in [-0.2, -0.15) is 0 Å². The van der Waals surface area contributed by atoms with Crippen LogP contribution in [0.1, 0.15) is 0 Å². The monoisotopic (exact) mass is 688 g/mol. The summed E-state index contributed by atoms with van der Waals surface area (Å²) in [6.45, 7) is 0. The second-order valence-corrected chi connectivity index (χ2v) is 13.8. The lowest BCUT2D eigenvalue weighted by Crippen LogP contribution is -2.11. The lowest BCUT2D eigenvalue weighted by Gasteiger charge is -2.29. The van der Waals surface area contributed by atoms with Gasteiger partial charge in [-0.25, -0.2) is 0 Å².